The molecule has 2 N–H and O–H groups in total. The summed E-state index contributed by atoms with van der Waals surface area (Å²) in [5.74, 6) is -0.640. The molecule has 1 heterocycles. The fourth-order valence-electron chi connectivity index (χ4n) is 2.74. The van der Waals surface area contributed by atoms with Crippen LogP contribution in [0.2, 0.25) is 0 Å². The van der Waals surface area contributed by atoms with Gasteiger partial charge in [0, 0.05) is 4.47 Å². The van der Waals surface area contributed by atoms with Gasteiger partial charge in [-0.1, -0.05) is 35.8 Å². The number of ether oxygens (including phenoxy) is 1. The molecule has 0 aromatic heterocycles. The maximum Gasteiger partial charge on any atom is 0.265 e. The van der Waals surface area contributed by atoms with Gasteiger partial charge in [0.05, 0.1) is 11.4 Å². The zero-order chi connectivity index (χ0) is 19.8. The number of rotatable bonds is 5. The summed E-state index contributed by atoms with van der Waals surface area (Å²) in [6.07, 6.45) is -0.347. The number of hydrogen-bond acceptors (Lipinski definition) is 4. The van der Waals surface area contributed by atoms with E-state index in [0.29, 0.717) is 10.9 Å². The summed E-state index contributed by atoms with van der Waals surface area (Å²) in [6, 6.07) is 8.08. The number of anilines is 2. The zero-order valence-corrected chi connectivity index (χ0v) is 17.0. The van der Waals surface area contributed by atoms with Gasteiger partial charge < -0.3 is 10.1 Å². The summed E-state index contributed by atoms with van der Waals surface area (Å²) in [5, 5.41) is 2.70. The summed E-state index contributed by atoms with van der Waals surface area (Å²) in [6.45, 7) is 3.88. The maximum atomic E-state index is 13.4. The molecule has 0 spiro atoms. The molecular formula is C18H18BrFN2O4S. The van der Waals surface area contributed by atoms with Crippen molar-refractivity contribution < 1.29 is 22.3 Å². The van der Waals surface area contributed by atoms with Crippen molar-refractivity contribution in [1.29, 1.82) is 0 Å². The van der Waals surface area contributed by atoms with Gasteiger partial charge in [0.2, 0.25) is 0 Å². The second kappa shape index (κ2) is 7.47. The Morgan fingerprint density at radius 3 is 2.70 bits per heavy atom. The molecule has 0 saturated carbocycles. The summed E-state index contributed by atoms with van der Waals surface area (Å²) >= 11 is 3.25. The first kappa shape index (κ1) is 19.6. The van der Waals surface area contributed by atoms with E-state index >= 15 is 0 Å². The van der Waals surface area contributed by atoms with Crippen molar-refractivity contribution in [2.75, 3.05) is 10.0 Å². The highest BCUT2D eigenvalue weighted by atomic mass is 79.9. The third-order valence-electron chi connectivity index (χ3n) is 3.88. The number of sulfonamides is 1. The molecule has 3 rings (SSSR count). The van der Waals surface area contributed by atoms with Gasteiger partial charge in [-0.3, -0.25) is 9.52 Å². The number of halogens is 2. The monoisotopic (exact) mass is 456 g/mol. The van der Waals surface area contributed by atoms with Crippen LogP contribution in [-0.4, -0.2) is 20.4 Å². The Morgan fingerprint density at radius 2 is 2.04 bits per heavy atom. The first-order valence-corrected chi connectivity index (χ1v) is 10.5. The van der Waals surface area contributed by atoms with Crippen LogP contribution in [0.15, 0.2) is 45.8 Å². The highest BCUT2D eigenvalue weighted by molar-refractivity contribution is 9.10. The van der Waals surface area contributed by atoms with Gasteiger partial charge in [-0.25, -0.2) is 12.8 Å². The quantitative estimate of drug-likeness (QED) is 0.707. The molecule has 1 aliphatic heterocycles. The number of carbonyl (C=O) groups is 1. The van der Waals surface area contributed by atoms with E-state index in [0.717, 1.165) is 6.07 Å². The Labute approximate surface area is 165 Å². The van der Waals surface area contributed by atoms with E-state index in [2.05, 4.69) is 26.0 Å². The average molecular weight is 457 g/mol. The van der Waals surface area contributed by atoms with E-state index in [1.54, 1.807) is 6.07 Å². The lowest BCUT2D eigenvalue weighted by Gasteiger charge is -2.28. The third kappa shape index (κ3) is 4.41. The van der Waals surface area contributed by atoms with Crippen molar-refractivity contribution in [2.24, 2.45) is 5.92 Å². The van der Waals surface area contributed by atoms with E-state index in [-0.39, 0.29) is 33.8 Å². The zero-order valence-electron chi connectivity index (χ0n) is 14.6. The van der Waals surface area contributed by atoms with Crippen LogP contribution in [-0.2, 0) is 14.8 Å². The highest BCUT2D eigenvalue weighted by Crippen LogP contribution is 2.40. The van der Waals surface area contributed by atoms with Gasteiger partial charge in [0.15, 0.2) is 11.9 Å². The molecule has 2 aromatic carbocycles. The van der Waals surface area contributed by atoms with Crippen LogP contribution in [0.3, 0.4) is 0 Å². The molecule has 1 unspecified atom stereocenters. The molecule has 0 fully saturated rings. The highest BCUT2D eigenvalue weighted by Gasteiger charge is 2.33. The summed E-state index contributed by atoms with van der Waals surface area (Å²) in [5.41, 5.74) is 0.344. The molecule has 0 bridgehead atoms. The van der Waals surface area contributed by atoms with E-state index < -0.39 is 21.9 Å². The SMILES string of the molecule is CC(C)CC1Oc2c(cc(Br)cc2S(=O)(=O)Nc2cccc(F)c2)NC1=O. The lowest BCUT2D eigenvalue weighted by molar-refractivity contribution is -0.124. The number of fused-ring (bicyclic) bond motifs is 1. The Hall–Kier alpha value is -2.13. The van der Waals surface area contributed by atoms with Crippen LogP contribution in [0, 0.1) is 11.7 Å². The minimum atomic E-state index is -4.09. The molecule has 0 aliphatic carbocycles. The van der Waals surface area contributed by atoms with Crippen LogP contribution in [0.4, 0.5) is 15.8 Å². The second-order valence-electron chi connectivity index (χ2n) is 6.62. The van der Waals surface area contributed by atoms with Crippen molar-refractivity contribution in [3.05, 3.63) is 46.7 Å². The number of hydrogen-bond donors (Lipinski definition) is 2. The molecule has 0 radical (unpaired) electrons. The first-order valence-electron chi connectivity index (χ1n) is 8.25. The topological polar surface area (TPSA) is 84.5 Å². The summed E-state index contributed by atoms with van der Waals surface area (Å²) in [7, 11) is -4.09. The van der Waals surface area contributed by atoms with Crippen molar-refractivity contribution in [3.8, 4) is 5.75 Å². The van der Waals surface area contributed by atoms with Crippen molar-refractivity contribution in [2.45, 2.75) is 31.3 Å². The third-order valence-corrected chi connectivity index (χ3v) is 5.73. The minimum Gasteiger partial charge on any atom is -0.477 e. The van der Waals surface area contributed by atoms with Gasteiger partial charge in [-0.2, -0.15) is 0 Å². The molecule has 0 saturated heterocycles. The van der Waals surface area contributed by atoms with Crippen molar-refractivity contribution in [3.63, 3.8) is 0 Å². The molecule has 2 aromatic rings. The Morgan fingerprint density at radius 1 is 1.30 bits per heavy atom. The van der Waals surface area contributed by atoms with Gasteiger partial charge >= 0.3 is 0 Å². The number of nitrogens with one attached hydrogen (secondary N) is 2. The normalized spacial score (nSPS) is 16.5. The van der Waals surface area contributed by atoms with Crippen LogP contribution >= 0.6 is 15.9 Å². The predicted octanol–water partition coefficient (Wildman–Crippen LogP) is 4.13. The van der Waals surface area contributed by atoms with Gasteiger partial charge in [-0.15, -0.1) is 0 Å². The van der Waals surface area contributed by atoms with E-state index in [9.17, 15) is 17.6 Å². The standard InChI is InChI=1S/C18H18BrFN2O4S/c1-10(2)6-15-18(23)21-14-7-11(19)8-16(17(14)26-15)27(24,25)22-13-5-3-4-12(20)9-13/h3-5,7-10,15,22H,6H2,1-2H3,(H,21,23). The number of benzene rings is 2. The Bertz CT molecular complexity index is 995. The maximum absolute atomic E-state index is 13.4. The van der Waals surface area contributed by atoms with Crippen molar-refractivity contribution in [1.82, 2.24) is 0 Å². The molecule has 144 valence electrons. The summed E-state index contributed by atoms with van der Waals surface area (Å²) < 4.78 is 47.7. The van der Waals surface area contributed by atoms with Crippen LogP contribution < -0.4 is 14.8 Å². The Balaban J connectivity index is 2.02. The molecule has 1 aliphatic rings. The van der Waals surface area contributed by atoms with Crippen LogP contribution in [0.5, 0.6) is 5.75 Å². The average Bonchev–Trinajstić information content (AvgIpc) is 2.54. The summed E-state index contributed by atoms with van der Waals surface area (Å²) in [4.78, 5) is 12.1. The lowest BCUT2D eigenvalue weighted by Crippen LogP contribution is -2.38. The van der Waals surface area contributed by atoms with Gasteiger partial charge in [0.25, 0.3) is 15.9 Å². The van der Waals surface area contributed by atoms with E-state index in [4.69, 9.17) is 4.74 Å². The fourth-order valence-corrected chi connectivity index (χ4v) is 4.58. The predicted molar refractivity (Wildman–Crippen MR) is 104 cm³/mol. The molecule has 27 heavy (non-hydrogen) atoms. The first-order chi connectivity index (χ1) is 12.7. The Kier molecular flexibility index (Phi) is 5.43. The molecule has 6 nitrogen and oxygen atoms in total. The van der Waals surface area contributed by atoms with Crippen LogP contribution in [0.1, 0.15) is 20.3 Å². The second-order valence-corrected chi connectivity index (χ2v) is 9.19. The van der Waals surface area contributed by atoms with Gasteiger partial charge in [0.1, 0.15) is 10.7 Å². The molecule has 1 amide bonds. The minimum absolute atomic E-state index is 0.0624. The molecular weight excluding hydrogens is 439 g/mol. The van der Waals surface area contributed by atoms with E-state index in [1.165, 1.54) is 24.3 Å². The molecule has 9 heteroatoms. The largest absolute Gasteiger partial charge is 0.477 e. The van der Waals surface area contributed by atoms with Crippen molar-refractivity contribution >= 4 is 43.2 Å². The van der Waals surface area contributed by atoms with Crippen LogP contribution in [0.25, 0.3) is 0 Å². The molecule has 1 atom stereocenters. The number of carbonyl (C=O) groups excluding carboxylic acids is 1. The van der Waals surface area contributed by atoms with E-state index in [1.807, 2.05) is 13.8 Å². The fraction of sp³-hybridized carbons (Fsp3) is 0.278. The van der Waals surface area contributed by atoms with Gasteiger partial charge in [-0.05, 0) is 42.7 Å². The number of amides is 1. The lowest BCUT2D eigenvalue weighted by atomic mass is 10.0. The smallest absolute Gasteiger partial charge is 0.265 e.